The molecule has 0 atom stereocenters. The highest BCUT2D eigenvalue weighted by Gasteiger charge is 2.48. The number of rotatable bonds is 4. The Balaban J connectivity index is 4.71. The molecule has 0 amide bonds. The topological polar surface area (TPSA) is 52.6 Å². The molecule has 0 saturated carbocycles. The lowest BCUT2D eigenvalue weighted by Crippen LogP contribution is -2.43. The van der Waals surface area contributed by atoms with E-state index in [2.05, 4.69) is 9.47 Å². The van der Waals surface area contributed by atoms with E-state index in [0.29, 0.717) is 6.42 Å². The number of esters is 2. The van der Waals surface area contributed by atoms with Crippen LogP contribution in [0.2, 0.25) is 0 Å². The molecular weight excluding hydrogens is 179 g/mol. The number of hydrogen-bond donors (Lipinski definition) is 0. The number of carbonyl (C=O) groups excluding carboxylic acids is 2. The molecule has 0 rings (SSSR count). The number of carbonyl (C=O) groups is 2. The summed E-state index contributed by atoms with van der Waals surface area (Å²) < 4.78 is 22.0. The van der Waals surface area contributed by atoms with Crippen LogP contribution in [0, 0.1) is 0 Å². The molecule has 0 N–H and O–H groups in total. The maximum atomic E-state index is 13.6. The standard InChI is InChI=1S/C8H13FO4/c1-4-5-8(9,6(10)12-2)7(11)13-3/h4-5H2,1-3H3. The van der Waals surface area contributed by atoms with E-state index < -0.39 is 17.6 Å². The summed E-state index contributed by atoms with van der Waals surface area (Å²) in [7, 11) is 2.05. The van der Waals surface area contributed by atoms with Crippen LogP contribution in [0.25, 0.3) is 0 Å². The minimum absolute atomic E-state index is 0.230. The number of hydrogen-bond acceptors (Lipinski definition) is 4. The van der Waals surface area contributed by atoms with Gasteiger partial charge in [-0.05, 0) is 0 Å². The first-order valence-electron chi connectivity index (χ1n) is 3.88. The van der Waals surface area contributed by atoms with Gasteiger partial charge in [0.15, 0.2) is 0 Å². The Morgan fingerprint density at radius 1 is 1.23 bits per heavy atom. The highest BCUT2D eigenvalue weighted by atomic mass is 19.1. The van der Waals surface area contributed by atoms with Crippen molar-refractivity contribution in [2.75, 3.05) is 14.2 Å². The molecule has 13 heavy (non-hydrogen) atoms. The fraction of sp³-hybridized carbons (Fsp3) is 0.750. The lowest BCUT2D eigenvalue weighted by Gasteiger charge is -2.18. The van der Waals surface area contributed by atoms with Crippen molar-refractivity contribution in [2.24, 2.45) is 0 Å². The van der Waals surface area contributed by atoms with Gasteiger partial charge in [0.05, 0.1) is 14.2 Å². The summed E-state index contributed by atoms with van der Waals surface area (Å²) in [5.41, 5.74) is -2.65. The quantitative estimate of drug-likeness (QED) is 0.489. The van der Waals surface area contributed by atoms with Crippen molar-refractivity contribution in [3.8, 4) is 0 Å². The second kappa shape index (κ2) is 4.79. The summed E-state index contributed by atoms with van der Waals surface area (Å²) in [6, 6.07) is 0. The molecule has 0 unspecified atom stereocenters. The van der Waals surface area contributed by atoms with E-state index in [1.807, 2.05) is 0 Å². The van der Waals surface area contributed by atoms with Crippen molar-refractivity contribution in [3.05, 3.63) is 0 Å². The Kier molecular flexibility index (Phi) is 4.37. The molecule has 0 aromatic carbocycles. The second-order valence-corrected chi connectivity index (χ2v) is 2.53. The van der Waals surface area contributed by atoms with Crippen LogP contribution in [0.15, 0.2) is 0 Å². The van der Waals surface area contributed by atoms with Gasteiger partial charge >= 0.3 is 17.6 Å². The van der Waals surface area contributed by atoms with Crippen LogP contribution in [-0.4, -0.2) is 31.8 Å². The summed E-state index contributed by atoms with van der Waals surface area (Å²) in [5.74, 6) is -2.41. The zero-order chi connectivity index (χ0) is 10.5. The Morgan fingerprint density at radius 2 is 1.62 bits per heavy atom. The summed E-state index contributed by atoms with van der Waals surface area (Å²) in [5, 5.41) is 0. The van der Waals surface area contributed by atoms with E-state index in [4.69, 9.17) is 0 Å². The van der Waals surface area contributed by atoms with Crippen molar-refractivity contribution in [1.82, 2.24) is 0 Å². The number of halogens is 1. The van der Waals surface area contributed by atoms with Gasteiger partial charge in [0.2, 0.25) is 0 Å². The minimum Gasteiger partial charge on any atom is -0.466 e. The molecule has 0 saturated heterocycles. The predicted molar refractivity (Wildman–Crippen MR) is 42.8 cm³/mol. The molecular formula is C8H13FO4. The van der Waals surface area contributed by atoms with Crippen LogP contribution < -0.4 is 0 Å². The third kappa shape index (κ3) is 2.40. The largest absolute Gasteiger partial charge is 0.466 e. The number of alkyl halides is 1. The third-order valence-corrected chi connectivity index (χ3v) is 1.61. The molecule has 0 aliphatic carbocycles. The minimum atomic E-state index is -2.65. The lowest BCUT2D eigenvalue weighted by molar-refractivity contribution is -0.172. The van der Waals surface area contributed by atoms with Crippen molar-refractivity contribution in [2.45, 2.75) is 25.4 Å². The Hall–Kier alpha value is -1.13. The van der Waals surface area contributed by atoms with Gasteiger partial charge in [0.1, 0.15) is 0 Å². The Morgan fingerprint density at radius 3 is 1.85 bits per heavy atom. The normalized spacial score (nSPS) is 10.8. The molecule has 0 fully saturated rings. The van der Waals surface area contributed by atoms with Gasteiger partial charge in [-0.3, -0.25) is 0 Å². The van der Waals surface area contributed by atoms with E-state index in [0.717, 1.165) is 14.2 Å². The first-order valence-corrected chi connectivity index (χ1v) is 3.88. The fourth-order valence-corrected chi connectivity index (χ4v) is 0.955. The molecule has 0 spiro atoms. The van der Waals surface area contributed by atoms with Crippen LogP contribution in [0.3, 0.4) is 0 Å². The predicted octanol–water partition coefficient (Wildman–Crippen LogP) is 0.841. The number of ether oxygens (including phenoxy) is 2. The van der Waals surface area contributed by atoms with Crippen LogP contribution in [0.5, 0.6) is 0 Å². The van der Waals surface area contributed by atoms with E-state index in [9.17, 15) is 14.0 Å². The summed E-state index contributed by atoms with van der Waals surface area (Å²) in [6.07, 6.45) is 0.118. The Labute approximate surface area is 76.0 Å². The highest BCUT2D eigenvalue weighted by molar-refractivity contribution is 6.03. The molecule has 0 bridgehead atoms. The third-order valence-electron chi connectivity index (χ3n) is 1.61. The first kappa shape index (κ1) is 11.9. The van der Waals surface area contributed by atoms with Crippen molar-refractivity contribution in [3.63, 3.8) is 0 Å². The fourth-order valence-electron chi connectivity index (χ4n) is 0.955. The van der Waals surface area contributed by atoms with Crippen molar-refractivity contribution in [1.29, 1.82) is 0 Å². The Bertz CT molecular complexity index is 186. The maximum absolute atomic E-state index is 13.6. The van der Waals surface area contributed by atoms with E-state index >= 15 is 0 Å². The maximum Gasteiger partial charge on any atom is 0.355 e. The smallest absolute Gasteiger partial charge is 0.355 e. The lowest BCUT2D eigenvalue weighted by atomic mass is 10.0. The number of methoxy groups -OCH3 is 2. The van der Waals surface area contributed by atoms with E-state index in [-0.39, 0.29) is 6.42 Å². The molecule has 0 aromatic heterocycles. The van der Waals surface area contributed by atoms with Gasteiger partial charge in [0.25, 0.3) is 0 Å². The van der Waals surface area contributed by atoms with Gasteiger partial charge in [-0.25, -0.2) is 14.0 Å². The van der Waals surface area contributed by atoms with Crippen molar-refractivity contribution < 1.29 is 23.5 Å². The molecule has 76 valence electrons. The second-order valence-electron chi connectivity index (χ2n) is 2.53. The summed E-state index contributed by atoms with van der Waals surface area (Å²) in [4.78, 5) is 21.9. The SMILES string of the molecule is CCCC(F)(C(=O)OC)C(=O)OC. The summed E-state index contributed by atoms with van der Waals surface area (Å²) in [6.45, 7) is 1.65. The highest BCUT2D eigenvalue weighted by Crippen LogP contribution is 2.21. The molecule has 0 aliphatic rings. The molecule has 0 radical (unpaired) electrons. The molecule has 0 heterocycles. The van der Waals surface area contributed by atoms with Crippen molar-refractivity contribution >= 4 is 11.9 Å². The molecule has 5 heteroatoms. The van der Waals surface area contributed by atoms with Gasteiger partial charge in [-0.1, -0.05) is 13.3 Å². The van der Waals surface area contributed by atoms with Crippen LogP contribution >= 0.6 is 0 Å². The monoisotopic (exact) mass is 192 g/mol. The van der Waals surface area contributed by atoms with Gasteiger partial charge in [0, 0.05) is 6.42 Å². The average Bonchev–Trinajstić information content (AvgIpc) is 2.15. The zero-order valence-corrected chi connectivity index (χ0v) is 7.93. The first-order chi connectivity index (χ1) is 6.02. The molecule has 4 nitrogen and oxygen atoms in total. The molecule has 0 aromatic rings. The van der Waals surface area contributed by atoms with Gasteiger partial charge < -0.3 is 9.47 Å². The van der Waals surface area contributed by atoms with Gasteiger partial charge in [-0.15, -0.1) is 0 Å². The van der Waals surface area contributed by atoms with E-state index in [1.165, 1.54) is 0 Å². The summed E-state index contributed by atoms with van der Waals surface area (Å²) >= 11 is 0. The van der Waals surface area contributed by atoms with Crippen LogP contribution in [0.4, 0.5) is 4.39 Å². The van der Waals surface area contributed by atoms with Crippen LogP contribution in [0.1, 0.15) is 19.8 Å². The zero-order valence-electron chi connectivity index (χ0n) is 7.93. The van der Waals surface area contributed by atoms with E-state index in [1.54, 1.807) is 6.92 Å². The van der Waals surface area contributed by atoms with Gasteiger partial charge in [-0.2, -0.15) is 0 Å². The molecule has 0 aliphatic heterocycles. The van der Waals surface area contributed by atoms with Crippen LogP contribution in [-0.2, 0) is 19.1 Å². The average molecular weight is 192 g/mol.